The van der Waals surface area contributed by atoms with E-state index in [0.29, 0.717) is 16.7 Å². The second-order valence-electron chi connectivity index (χ2n) is 2.70. The molecule has 0 aromatic heterocycles. The zero-order valence-corrected chi connectivity index (χ0v) is 7.57. The SMILES string of the molecule is Cc1cc(C(=O)Cl)cc(C)c1F. The molecule has 1 nitrogen and oxygen atoms in total. The van der Waals surface area contributed by atoms with Gasteiger partial charge < -0.3 is 0 Å². The number of benzene rings is 1. The normalized spacial score (nSPS) is 10.0. The van der Waals surface area contributed by atoms with Crippen molar-refractivity contribution >= 4 is 16.8 Å². The molecule has 0 unspecified atom stereocenters. The molecule has 0 bridgehead atoms. The summed E-state index contributed by atoms with van der Waals surface area (Å²) in [6.45, 7) is 3.21. The van der Waals surface area contributed by atoms with Gasteiger partial charge in [-0.3, -0.25) is 4.79 Å². The average Bonchev–Trinajstić information content (AvgIpc) is 1.99. The van der Waals surface area contributed by atoms with Gasteiger partial charge in [-0.05, 0) is 48.7 Å². The highest BCUT2D eigenvalue weighted by molar-refractivity contribution is 6.67. The molecule has 0 atom stereocenters. The summed E-state index contributed by atoms with van der Waals surface area (Å²) in [5.74, 6) is -0.281. The highest BCUT2D eigenvalue weighted by Crippen LogP contribution is 2.15. The van der Waals surface area contributed by atoms with Crippen molar-refractivity contribution < 1.29 is 9.18 Å². The summed E-state index contributed by atoms with van der Waals surface area (Å²) in [7, 11) is 0. The molecule has 0 aliphatic rings. The van der Waals surface area contributed by atoms with Gasteiger partial charge in [-0.2, -0.15) is 0 Å². The Morgan fingerprint density at radius 2 is 1.75 bits per heavy atom. The Labute approximate surface area is 75.2 Å². The largest absolute Gasteiger partial charge is 0.276 e. The number of carbonyl (C=O) groups is 1. The molecule has 0 fully saturated rings. The summed E-state index contributed by atoms with van der Waals surface area (Å²) in [6.07, 6.45) is 0. The molecule has 12 heavy (non-hydrogen) atoms. The van der Waals surface area contributed by atoms with Gasteiger partial charge in [-0.15, -0.1) is 0 Å². The van der Waals surface area contributed by atoms with E-state index < -0.39 is 5.24 Å². The molecular weight excluding hydrogens is 179 g/mol. The van der Waals surface area contributed by atoms with Crippen molar-refractivity contribution in [2.24, 2.45) is 0 Å². The van der Waals surface area contributed by atoms with Gasteiger partial charge >= 0.3 is 0 Å². The molecule has 3 heteroatoms. The maximum absolute atomic E-state index is 13.0. The number of hydrogen-bond acceptors (Lipinski definition) is 1. The highest BCUT2D eigenvalue weighted by Gasteiger charge is 2.07. The molecule has 0 aliphatic heterocycles. The Morgan fingerprint density at radius 1 is 1.33 bits per heavy atom. The van der Waals surface area contributed by atoms with Crippen LogP contribution < -0.4 is 0 Å². The van der Waals surface area contributed by atoms with Gasteiger partial charge in [0.1, 0.15) is 5.82 Å². The maximum Gasteiger partial charge on any atom is 0.252 e. The average molecular weight is 187 g/mol. The van der Waals surface area contributed by atoms with Crippen molar-refractivity contribution in [3.63, 3.8) is 0 Å². The highest BCUT2D eigenvalue weighted by atomic mass is 35.5. The lowest BCUT2D eigenvalue weighted by Gasteiger charge is -2.02. The van der Waals surface area contributed by atoms with E-state index >= 15 is 0 Å². The maximum atomic E-state index is 13.0. The smallest absolute Gasteiger partial charge is 0.252 e. The summed E-state index contributed by atoms with van der Waals surface area (Å²) in [5.41, 5.74) is 1.23. The third kappa shape index (κ3) is 1.64. The monoisotopic (exact) mass is 186 g/mol. The molecule has 0 spiro atoms. The first-order valence-corrected chi connectivity index (χ1v) is 3.86. The van der Waals surface area contributed by atoms with E-state index in [0.717, 1.165) is 0 Å². The van der Waals surface area contributed by atoms with Crippen LogP contribution in [0.4, 0.5) is 4.39 Å². The van der Waals surface area contributed by atoms with Gasteiger partial charge in [-0.1, -0.05) is 0 Å². The van der Waals surface area contributed by atoms with E-state index in [1.54, 1.807) is 13.8 Å². The quantitative estimate of drug-likeness (QED) is 0.617. The lowest BCUT2D eigenvalue weighted by atomic mass is 10.1. The fourth-order valence-electron chi connectivity index (χ4n) is 1.06. The number of aryl methyl sites for hydroxylation is 2. The standard InChI is InChI=1S/C9H8ClFO/c1-5-3-7(9(10)12)4-6(2)8(5)11/h3-4H,1-2H3. The van der Waals surface area contributed by atoms with Crippen LogP contribution in [0, 0.1) is 19.7 Å². The van der Waals surface area contributed by atoms with Crippen LogP contribution in [-0.2, 0) is 0 Å². The molecule has 0 amide bonds. The minimum absolute atomic E-state index is 0.281. The second kappa shape index (κ2) is 3.23. The van der Waals surface area contributed by atoms with Crippen molar-refractivity contribution in [1.29, 1.82) is 0 Å². The Morgan fingerprint density at radius 3 is 2.08 bits per heavy atom. The molecule has 0 saturated heterocycles. The Kier molecular flexibility index (Phi) is 2.48. The zero-order chi connectivity index (χ0) is 9.30. The second-order valence-corrected chi connectivity index (χ2v) is 3.04. The third-order valence-electron chi connectivity index (χ3n) is 1.66. The molecule has 0 saturated carbocycles. The van der Waals surface area contributed by atoms with Crippen LogP contribution in [0.5, 0.6) is 0 Å². The van der Waals surface area contributed by atoms with E-state index in [2.05, 4.69) is 0 Å². The summed E-state index contributed by atoms with van der Waals surface area (Å²) >= 11 is 5.24. The molecule has 64 valence electrons. The Balaban J connectivity index is 3.31. The Hall–Kier alpha value is -0.890. The summed E-state index contributed by atoms with van der Waals surface area (Å²) in [5, 5.41) is -0.554. The first-order chi connectivity index (χ1) is 5.52. The molecule has 0 radical (unpaired) electrons. The minimum Gasteiger partial charge on any atom is -0.276 e. The van der Waals surface area contributed by atoms with Crippen molar-refractivity contribution in [2.45, 2.75) is 13.8 Å². The van der Waals surface area contributed by atoms with Gasteiger partial charge in [0.2, 0.25) is 0 Å². The van der Waals surface area contributed by atoms with Crippen LogP contribution in [0.25, 0.3) is 0 Å². The summed E-state index contributed by atoms with van der Waals surface area (Å²) in [4.78, 5) is 10.7. The van der Waals surface area contributed by atoms with Crippen LogP contribution in [0.2, 0.25) is 0 Å². The number of halogens is 2. The number of hydrogen-bond donors (Lipinski definition) is 0. The van der Waals surface area contributed by atoms with Crippen LogP contribution in [0.3, 0.4) is 0 Å². The van der Waals surface area contributed by atoms with Crippen LogP contribution in [0.1, 0.15) is 21.5 Å². The summed E-state index contributed by atoms with van der Waals surface area (Å²) < 4.78 is 13.0. The van der Waals surface area contributed by atoms with Gasteiger partial charge in [0.25, 0.3) is 5.24 Å². The predicted octanol–water partition coefficient (Wildman–Crippen LogP) is 2.82. The van der Waals surface area contributed by atoms with E-state index in [1.165, 1.54) is 12.1 Å². The fourth-order valence-corrected chi connectivity index (χ4v) is 1.17. The first-order valence-electron chi connectivity index (χ1n) is 3.49. The van der Waals surface area contributed by atoms with Crippen molar-refractivity contribution in [2.75, 3.05) is 0 Å². The predicted molar refractivity (Wildman–Crippen MR) is 46.1 cm³/mol. The number of carbonyl (C=O) groups excluding carboxylic acids is 1. The third-order valence-corrected chi connectivity index (χ3v) is 1.88. The van der Waals surface area contributed by atoms with Gasteiger partial charge in [0.15, 0.2) is 0 Å². The molecule has 1 rings (SSSR count). The van der Waals surface area contributed by atoms with Crippen LogP contribution >= 0.6 is 11.6 Å². The fraction of sp³-hybridized carbons (Fsp3) is 0.222. The molecule has 0 aliphatic carbocycles. The first kappa shape index (κ1) is 9.20. The molecule has 1 aromatic rings. The lowest BCUT2D eigenvalue weighted by Crippen LogP contribution is -1.95. The van der Waals surface area contributed by atoms with E-state index in [9.17, 15) is 9.18 Å². The van der Waals surface area contributed by atoms with Crippen molar-refractivity contribution in [1.82, 2.24) is 0 Å². The van der Waals surface area contributed by atoms with E-state index in [4.69, 9.17) is 11.6 Å². The molecular formula is C9H8ClFO. The Bertz CT molecular complexity index is 310. The molecule has 0 heterocycles. The molecule has 1 aromatic carbocycles. The van der Waals surface area contributed by atoms with Crippen molar-refractivity contribution in [3.8, 4) is 0 Å². The van der Waals surface area contributed by atoms with E-state index in [1.807, 2.05) is 0 Å². The zero-order valence-electron chi connectivity index (χ0n) is 6.82. The minimum atomic E-state index is -0.554. The van der Waals surface area contributed by atoms with Gasteiger partial charge in [-0.25, -0.2) is 4.39 Å². The molecule has 0 N–H and O–H groups in total. The topological polar surface area (TPSA) is 17.1 Å². The van der Waals surface area contributed by atoms with Crippen molar-refractivity contribution in [3.05, 3.63) is 34.6 Å². The number of rotatable bonds is 1. The van der Waals surface area contributed by atoms with Crippen LogP contribution in [-0.4, -0.2) is 5.24 Å². The van der Waals surface area contributed by atoms with Crippen LogP contribution in [0.15, 0.2) is 12.1 Å². The van der Waals surface area contributed by atoms with E-state index in [-0.39, 0.29) is 5.82 Å². The van der Waals surface area contributed by atoms with Gasteiger partial charge in [0, 0.05) is 5.56 Å². The summed E-state index contributed by atoms with van der Waals surface area (Å²) in [6, 6.07) is 2.88. The van der Waals surface area contributed by atoms with Gasteiger partial charge in [0.05, 0.1) is 0 Å². The lowest BCUT2D eigenvalue weighted by molar-refractivity contribution is 0.108.